The number of hydrogen-bond acceptors (Lipinski definition) is 21. The van der Waals surface area contributed by atoms with Crippen molar-refractivity contribution in [1.29, 1.82) is 0 Å². The Balaban J connectivity index is 2.25. The van der Waals surface area contributed by atoms with E-state index in [1.54, 1.807) is 60.5 Å². The molecular formula is C48H82N2O19. The maximum atomic E-state index is 13.8. The third-order valence-corrected chi connectivity index (χ3v) is 12.9. The first-order valence-electron chi connectivity index (χ1n) is 24.1. The summed E-state index contributed by atoms with van der Waals surface area (Å²) in [7, 11) is 9.81. The van der Waals surface area contributed by atoms with Crippen molar-refractivity contribution in [2.24, 2.45) is 11.8 Å². The Morgan fingerprint density at radius 3 is 1.96 bits per heavy atom. The number of cyclic esters (lactones) is 1. The first-order chi connectivity index (χ1) is 32.4. The van der Waals surface area contributed by atoms with Crippen LogP contribution in [0.1, 0.15) is 114 Å². The second-order valence-corrected chi connectivity index (χ2v) is 19.0. The number of rotatable bonds is 17. The first kappa shape index (κ1) is 59.8. The minimum Gasteiger partial charge on any atom is -0.463 e. The van der Waals surface area contributed by atoms with Gasteiger partial charge in [-0.2, -0.15) is 0 Å². The molecule has 3 aliphatic rings. The number of carbonyl (C=O) groups excluding carboxylic acids is 6. The smallest absolute Gasteiger partial charge is 0.309 e. The molecule has 0 unspecified atom stereocenters. The summed E-state index contributed by atoms with van der Waals surface area (Å²) in [5.41, 5.74) is -1.35. The Morgan fingerprint density at radius 1 is 0.783 bits per heavy atom. The van der Waals surface area contributed by atoms with Gasteiger partial charge in [-0.05, 0) is 73.5 Å². The quantitative estimate of drug-likeness (QED) is 0.115. The second-order valence-electron chi connectivity index (χ2n) is 19.0. The fraction of sp³-hybridized carbons (Fsp3) is 0.875. The molecule has 21 nitrogen and oxygen atoms in total. The van der Waals surface area contributed by atoms with Gasteiger partial charge in [0.25, 0.3) is 0 Å². The van der Waals surface area contributed by atoms with E-state index < -0.39 is 140 Å². The summed E-state index contributed by atoms with van der Waals surface area (Å²) < 4.78 is 80.2. The molecular weight excluding hydrogens is 909 g/mol. The zero-order valence-corrected chi connectivity index (χ0v) is 43.8. The van der Waals surface area contributed by atoms with Gasteiger partial charge in [-0.25, -0.2) is 0 Å². The monoisotopic (exact) mass is 991 g/mol. The van der Waals surface area contributed by atoms with Crippen LogP contribution in [0.5, 0.6) is 0 Å². The van der Waals surface area contributed by atoms with E-state index in [1.807, 2.05) is 18.9 Å². The van der Waals surface area contributed by atoms with Crippen LogP contribution in [0.3, 0.4) is 0 Å². The molecule has 3 fully saturated rings. The molecule has 3 heterocycles. The third kappa shape index (κ3) is 17.6. The molecule has 0 radical (unpaired) electrons. The third-order valence-electron chi connectivity index (χ3n) is 12.9. The van der Waals surface area contributed by atoms with Gasteiger partial charge >= 0.3 is 35.8 Å². The first-order valence-corrected chi connectivity index (χ1v) is 24.1. The Labute approximate surface area is 408 Å². The molecule has 0 aromatic heterocycles. The molecule has 0 N–H and O–H groups in total. The zero-order valence-electron chi connectivity index (χ0n) is 43.8. The predicted molar refractivity (Wildman–Crippen MR) is 245 cm³/mol. The van der Waals surface area contributed by atoms with Crippen molar-refractivity contribution in [2.45, 2.75) is 206 Å². The Bertz CT molecular complexity index is 1670. The second kappa shape index (κ2) is 27.9. The van der Waals surface area contributed by atoms with Crippen LogP contribution in [0.2, 0.25) is 0 Å². The summed E-state index contributed by atoms with van der Waals surface area (Å²) in [5, 5.41) is 0. The topological polar surface area (TPSA) is 229 Å². The fourth-order valence-corrected chi connectivity index (χ4v) is 9.59. The van der Waals surface area contributed by atoms with Gasteiger partial charge in [-0.1, -0.05) is 20.8 Å². The summed E-state index contributed by atoms with van der Waals surface area (Å²) >= 11 is 0. The predicted octanol–water partition coefficient (Wildman–Crippen LogP) is 3.72. The van der Waals surface area contributed by atoms with Crippen molar-refractivity contribution in [3.63, 3.8) is 0 Å². The van der Waals surface area contributed by atoms with Crippen molar-refractivity contribution in [1.82, 2.24) is 9.80 Å². The van der Waals surface area contributed by atoms with Gasteiger partial charge in [-0.3, -0.25) is 28.8 Å². The average Bonchev–Trinajstić information content (AvgIpc) is 3.25. The molecule has 16 atom stereocenters. The number of esters is 6. The molecule has 0 saturated carbocycles. The molecule has 398 valence electrons. The van der Waals surface area contributed by atoms with Crippen LogP contribution in [0.15, 0.2) is 0 Å². The highest BCUT2D eigenvalue weighted by atomic mass is 16.7. The number of hydrogen-bond donors (Lipinski definition) is 0. The molecule has 0 bridgehead atoms. The molecule has 0 aliphatic carbocycles. The van der Waals surface area contributed by atoms with Crippen LogP contribution >= 0.6 is 0 Å². The van der Waals surface area contributed by atoms with Crippen molar-refractivity contribution < 1.29 is 90.3 Å². The van der Waals surface area contributed by atoms with E-state index in [0.717, 1.165) is 0 Å². The van der Waals surface area contributed by atoms with Crippen molar-refractivity contribution in [3.8, 4) is 0 Å². The molecule has 0 aromatic carbocycles. The lowest BCUT2D eigenvalue weighted by molar-refractivity contribution is -0.346. The van der Waals surface area contributed by atoms with Gasteiger partial charge in [0.2, 0.25) is 0 Å². The molecule has 3 rings (SSSR count). The average molecular weight is 991 g/mol. The summed E-state index contributed by atoms with van der Waals surface area (Å²) in [6.45, 7) is 16.8. The van der Waals surface area contributed by atoms with Crippen molar-refractivity contribution in [2.75, 3.05) is 55.6 Å². The van der Waals surface area contributed by atoms with Gasteiger partial charge in [0.05, 0.1) is 30.8 Å². The number of ether oxygens (including phenoxy) is 13. The Kier molecular flexibility index (Phi) is 24.2. The van der Waals surface area contributed by atoms with E-state index >= 15 is 0 Å². The summed E-state index contributed by atoms with van der Waals surface area (Å²) in [6.07, 6.45) is -12.2. The highest BCUT2D eigenvalue weighted by molar-refractivity contribution is 5.73. The molecule has 69 heavy (non-hydrogen) atoms. The van der Waals surface area contributed by atoms with Crippen LogP contribution in [-0.4, -0.2) is 193 Å². The van der Waals surface area contributed by atoms with E-state index in [9.17, 15) is 28.8 Å². The zero-order chi connectivity index (χ0) is 51.9. The van der Waals surface area contributed by atoms with Gasteiger partial charge < -0.3 is 71.4 Å². The number of nitrogens with zero attached hydrogens (tertiary/aromatic N) is 2. The van der Waals surface area contributed by atoms with Gasteiger partial charge in [-0.15, -0.1) is 0 Å². The normalized spacial score (nSPS) is 35.5. The largest absolute Gasteiger partial charge is 0.463 e. The minimum atomic E-state index is -1.37. The molecule has 21 heteroatoms. The van der Waals surface area contributed by atoms with Crippen molar-refractivity contribution >= 4 is 35.8 Å². The van der Waals surface area contributed by atoms with Crippen LogP contribution in [0.25, 0.3) is 0 Å². The van der Waals surface area contributed by atoms with Gasteiger partial charge in [0.1, 0.15) is 30.5 Å². The minimum absolute atomic E-state index is 0.0199. The molecule has 0 amide bonds. The van der Waals surface area contributed by atoms with Gasteiger partial charge in [0, 0.05) is 80.9 Å². The number of carbonyl (C=O) groups is 6. The Hall–Kier alpha value is -3.54. The lowest BCUT2D eigenvalue weighted by atomic mass is 9.81. The van der Waals surface area contributed by atoms with Crippen molar-refractivity contribution in [3.05, 3.63) is 0 Å². The lowest BCUT2D eigenvalue weighted by Gasteiger charge is -2.51. The van der Waals surface area contributed by atoms with E-state index in [4.69, 9.17) is 61.6 Å². The van der Waals surface area contributed by atoms with Gasteiger partial charge in [0.15, 0.2) is 36.7 Å². The molecule has 3 aliphatic heterocycles. The van der Waals surface area contributed by atoms with E-state index in [2.05, 4.69) is 0 Å². The lowest BCUT2D eigenvalue weighted by Crippen LogP contribution is -2.67. The Morgan fingerprint density at radius 2 is 1.41 bits per heavy atom. The summed E-state index contributed by atoms with van der Waals surface area (Å²) in [6, 6.07) is -0.808. The highest BCUT2D eigenvalue weighted by Crippen LogP contribution is 2.40. The molecule has 3 saturated heterocycles. The van der Waals surface area contributed by atoms with Crippen LogP contribution in [-0.2, 0) is 90.3 Å². The number of methoxy groups -OCH3 is 3. The van der Waals surface area contributed by atoms with E-state index in [1.165, 1.54) is 42.1 Å². The highest BCUT2D eigenvalue weighted by Gasteiger charge is 2.56. The summed E-state index contributed by atoms with van der Waals surface area (Å²) in [4.78, 5) is 81.6. The maximum Gasteiger partial charge on any atom is 0.309 e. The van der Waals surface area contributed by atoms with Crippen LogP contribution in [0.4, 0.5) is 0 Å². The standard InChI is InChI=1S/C48H82N2O19/c1-17-36(54)65-34-23-38(56)60-27(4)19-20-50(13)25-35(63-30(7)51)26(3)21-33(22-39(57-14)58-15)43(44(34)59-16)68-47-45(64-31(8)52)41(49(11)12)42(28(5)62-47)67-40-24-48(10,69-32(9)53)46(29(6)61-40)66-37(55)18-2/h26-29,33-35,39-47H,17-25H2,1-16H3/t26-,27-,28-,29+,33-,34-,35+,40+,41+,42-,43+,44+,45-,46+,47+,48-/m1/s1. The SMILES string of the molecule is CCC(=O)O[C@@H]1CC(=O)O[C@H](C)CCN(C)C[C@H](OC(C)=O)[C@H](C)C[C@H](CC(OC)OC)[C@H](O[C@@H]2O[C@H](C)[C@@H](O[C@H]3C[C@@](C)(OC(C)=O)[C@@H](OC(=O)CC)[C@H](C)O3)[C@H](N(C)C)[C@H]2OC(C)=O)[C@H]1OC. The number of likely N-dealkylation sites (N-methyl/N-ethyl adjacent to an activating group) is 2. The summed E-state index contributed by atoms with van der Waals surface area (Å²) in [5.74, 6) is -4.49. The van der Waals surface area contributed by atoms with E-state index in [-0.39, 0.29) is 38.0 Å². The van der Waals surface area contributed by atoms with Crippen LogP contribution < -0.4 is 0 Å². The van der Waals surface area contributed by atoms with E-state index in [0.29, 0.717) is 19.5 Å². The van der Waals surface area contributed by atoms with Crippen LogP contribution in [0, 0.1) is 11.8 Å². The maximum absolute atomic E-state index is 13.8. The fourth-order valence-electron chi connectivity index (χ4n) is 9.59. The molecule has 0 spiro atoms. The molecule has 0 aromatic rings.